The number of hydrogen-bond acceptors (Lipinski definition) is 6. The summed E-state index contributed by atoms with van der Waals surface area (Å²) in [5.74, 6) is -0.258. The lowest BCUT2D eigenvalue weighted by atomic mass is 10.2. The molecule has 4 rings (SSSR count). The molecule has 0 fully saturated rings. The number of carbonyl (C=O) groups excluding carboxylic acids is 1. The summed E-state index contributed by atoms with van der Waals surface area (Å²) >= 11 is 1.49. The van der Waals surface area contributed by atoms with E-state index in [1.165, 1.54) is 33.9 Å². The number of hydrogen-bond donors (Lipinski definition) is 0. The first-order valence-electron chi connectivity index (χ1n) is 8.02. The average Bonchev–Trinajstić information content (AvgIpc) is 3.31. The Hall–Kier alpha value is -2.54. The van der Waals surface area contributed by atoms with Gasteiger partial charge in [-0.05, 0) is 62.1 Å². The van der Waals surface area contributed by atoms with Crippen molar-refractivity contribution >= 4 is 17.3 Å². The van der Waals surface area contributed by atoms with E-state index in [1.807, 2.05) is 6.07 Å². The highest BCUT2D eigenvalue weighted by Crippen LogP contribution is 2.32. The van der Waals surface area contributed by atoms with E-state index in [1.54, 1.807) is 19.1 Å². The van der Waals surface area contributed by atoms with Crippen LogP contribution in [0.15, 0.2) is 34.7 Å². The van der Waals surface area contributed by atoms with Crippen LogP contribution >= 0.6 is 11.3 Å². The molecule has 0 bridgehead atoms. The summed E-state index contributed by atoms with van der Waals surface area (Å²) in [7, 11) is 0. The predicted molar refractivity (Wildman–Crippen MR) is 89.9 cm³/mol. The molecule has 1 aliphatic carbocycles. The molecule has 5 nitrogen and oxygen atoms in total. The van der Waals surface area contributed by atoms with Crippen LogP contribution in [-0.4, -0.2) is 16.2 Å². The van der Waals surface area contributed by atoms with Crippen molar-refractivity contribution in [1.29, 1.82) is 0 Å². The number of thiophene rings is 1. The van der Waals surface area contributed by atoms with E-state index in [0.717, 1.165) is 19.3 Å². The number of rotatable bonds is 4. The van der Waals surface area contributed by atoms with E-state index >= 15 is 0 Å². The smallest absolute Gasteiger partial charge is 0.349 e. The molecular weight excluding hydrogens is 343 g/mol. The Morgan fingerprint density at radius 2 is 2.08 bits per heavy atom. The number of fused-ring (bicyclic) bond motifs is 1. The van der Waals surface area contributed by atoms with Crippen LogP contribution in [0.5, 0.6) is 0 Å². The van der Waals surface area contributed by atoms with Crippen molar-refractivity contribution in [1.82, 2.24) is 10.2 Å². The van der Waals surface area contributed by atoms with Crippen LogP contribution in [0.25, 0.3) is 11.5 Å². The minimum absolute atomic E-state index is 0.205. The number of halogens is 1. The van der Waals surface area contributed by atoms with Crippen molar-refractivity contribution in [2.24, 2.45) is 0 Å². The Kier molecular flexibility index (Phi) is 4.09. The van der Waals surface area contributed by atoms with Gasteiger partial charge in [0.05, 0.1) is 0 Å². The molecule has 3 aromatic rings. The number of aryl methyl sites for hydroxylation is 2. The summed E-state index contributed by atoms with van der Waals surface area (Å²) < 4.78 is 24.0. The second-order valence-corrected chi connectivity index (χ2v) is 7.05. The quantitative estimate of drug-likeness (QED) is 0.649. The second kappa shape index (κ2) is 6.40. The normalized spacial score (nSPS) is 14.3. The second-order valence-electron chi connectivity index (χ2n) is 5.91. The van der Waals surface area contributed by atoms with Crippen LogP contribution in [0, 0.1) is 5.82 Å². The maximum atomic E-state index is 13.0. The van der Waals surface area contributed by atoms with Crippen molar-refractivity contribution < 1.29 is 18.3 Å². The largest absolute Gasteiger partial charge is 0.448 e. The van der Waals surface area contributed by atoms with E-state index in [2.05, 4.69) is 10.2 Å². The van der Waals surface area contributed by atoms with Crippen molar-refractivity contribution in [3.05, 3.63) is 57.4 Å². The number of carbonyl (C=O) groups is 1. The highest BCUT2D eigenvalue weighted by Gasteiger charge is 2.23. The summed E-state index contributed by atoms with van der Waals surface area (Å²) in [4.78, 5) is 14.2. The Balaban J connectivity index is 1.46. The van der Waals surface area contributed by atoms with Gasteiger partial charge in [-0.1, -0.05) is 0 Å². The molecule has 0 saturated carbocycles. The van der Waals surface area contributed by atoms with Gasteiger partial charge in [-0.15, -0.1) is 21.5 Å². The SMILES string of the molecule is C[C@H](OC(=O)c1cc2c(s1)CCC2)c1nnc(-c2ccc(F)cc2)o1. The molecule has 2 aromatic heterocycles. The van der Waals surface area contributed by atoms with Gasteiger partial charge in [0, 0.05) is 10.4 Å². The number of aromatic nitrogens is 2. The lowest BCUT2D eigenvalue weighted by Crippen LogP contribution is -2.08. The standard InChI is InChI=1S/C18H15FN2O3S/c1-10(23-18(22)15-9-12-3-2-4-14(12)25-15)16-20-21-17(24-16)11-5-7-13(19)8-6-11/h5-10H,2-4H2,1H3/t10-/m0/s1. The number of nitrogens with zero attached hydrogens (tertiary/aromatic N) is 2. The van der Waals surface area contributed by atoms with E-state index in [0.29, 0.717) is 10.4 Å². The van der Waals surface area contributed by atoms with Gasteiger partial charge in [0.15, 0.2) is 6.10 Å². The molecule has 0 radical (unpaired) electrons. The lowest BCUT2D eigenvalue weighted by molar-refractivity contribution is 0.0285. The molecule has 0 saturated heterocycles. The van der Waals surface area contributed by atoms with Gasteiger partial charge in [-0.25, -0.2) is 9.18 Å². The van der Waals surface area contributed by atoms with E-state index in [-0.39, 0.29) is 23.6 Å². The first-order chi connectivity index (χ1) is 12.1. The van der Waals surface area contributed by atoms with Crippen molar-refractivity contribution in [3.63, 3.8) is 0 Å². The number of esters is 1. The predicted octanol–water partition coefficient (Wildman–Crippen LogP) is 4.34. The molecule has 0 N–H and O–H groups in total. The Bertz CT molecular complexity index is 895. The van der Waals surface area contributed by atoms with Crippen LogP contribution in [0.4, 0.5) is 4.39 Å². The van der Waals surface area contributed by atoms with Crippen LogP contribution < -0.4 is 0 Å². The van der Waals surface area contributed by atoms with Gasteiger partial charge < -0.3 is 9.15 Å². The van der Waals surface area contributed by atoms with Gasteiger partial charge in [0.25, 0.3) is 5.89 Å². The van der Waals surface area contributed by atoms with Crippen molar-refractivity contribution in [3.8, 4) is 11.5 Å². The molecule has 25 heavy (non-hydrogen) atoms. The van der Waals surface area contributed by atoms with Gasteiger partial charge in [0.1, 0.15) is 10.7 Å². The fourth-order valence-electron chi connectivity index (χ4n) is 2.81. The first kappa shape index (κ1) is 16.0. The van der Waals surface area contributed by atoms with Gasteiger partial charge in [-0.2, -0.15) is 0 Å². The zero-order chi connectivity index (χ0) is 17.4. The van der Waals surface area contributed by atoms with E-state index in [4.69, 9.17) is 9.15 Å². The van der Waals surface area contributed by atoms with Gasteiger partial charge in [-0.3, -0.25) is 0 Å². The van der Waals surface area contributed by atoms with Crippen LogP contribution in [0.1, 0.15) is 45.5 Å². The number of benzene rings is 1. The Morgan fingerprint density at radius 3 is 2.84 bits per heavy atom. The molecule has 0 spiro atoms. The molecule has 1 aromatic carbocycles. The molecule has 1 aliphatic rings. The highest BCUT2D eigenvalue weighted by molar-refractivity contribution is 7.14. The van der Waals surface area contributed by atoms with Gasteiger partial charge >= 0.3 is 5.97 Å². The summed E-state index contributed by atoms with van der Waals surface area (Å²) in [6, 6.07) is 7.66. The molecule has 0 aliphatic heterocycles. The highest BCUT2D eigenvalue weighted by atomic mass is 32.1. The van der Waals surface area contributed by atoms with Crippen molar-refractivity contribution in [2.75, 3.05) is 0 Å². The molecule has 0 amide bonds. The molecule has 128 valence electrons. The maximum Gasteiger partial charge on any atom is 0.349 e. The topological polar surface area (TPSA) is 65.2 Å². The summed E-state index contributed by atoms with van der Waals surface area (Å²) in [5, 5.41) is 7.86. The minimum Gasteiger partial charge on any atom is -0.448 e. The van der Waals surface area contributed by atoms with Crippen LogP contribution in [0.2, 0.25) is 0 Å². The first-order valence-corrected chi connectivity index (χ1v) is 8.83. The zero-order valence-corrected chi connectivity index (χ0v) is 14.3. The van der Waals surface area contributed by atoms with Crippen molar-refractivity contribution in [2.45, 2.75) is 32.3 Å². The average molecular weight is 358 g/mol. The third-order valence-electron chi connectivity index (χ3n) is 4.11. The molecule has 7 heteroatoms. The maximum absolute atomic E-state index is 13.0. The molecule has 0 unspecified atom stereocenters. The third-order valence-corrected chi connectivity index (χ3v) is 5.33. The summed E-state index contributed by atoms with van der Waals surface area (Å²) in [5.41, 5.74) is 1.86. The summed E-state index contributed by atoms with van der Waals surface area (Å²) in [6.07, 6.45) is 2.56. The molecular formula is C18H15FN2O3S. The lowest BCUT2D eigenvalue weighted by Gasteiger charge is -2.08. The number of ether oxygens (including phenoxy) is 1. The van der Waals surface area contributed by atoms with Crippen LogP contribution in [-0.2, 0) is 17.6 Å². The minimum atomic E-state index is -0.661. The Labute approximate surface area is 147 Å². The van der Waals surface area contributed by atoms with Crippen LogP contribution in [0.3, 0.4) is 0 Å². The fourth-order valence-corrected chi connectivity index (χ4v) is 3.94. The molecule has 2 heterocycles. The van der Waals surface area contributed by atoms with E-state index < -0.39 is 6.10 Å². The van der Waals surface area contributed by atoms with E-state index in [9.17, 15) is 9.18 Å². The zero-order valence-electron chi connectivity index (χ0n) is 13.5. The van der Waals surface area contributed by atoms with Gasteiger partial charge in [0.2, 0.25) is 5.89 Å². The monoisotopic (exact) mass is 358 g/mol. The molecule has 1 atom stereocenters. The Morgan fingerprint density at radius 1 is 1.28 bits per heavy atom. The fraction of sp³-hybridized carbons (Fsp3) is 0.278. The summed E-state index contributed by atoms with van der Waals surface area (Å²) in [6.45, 7) is 1.68. The third kappa shape index (κ3) is 3.19.